The van der Waals surface area contributed by atoms with Crippen LogP contribution in [0.15, 0.2) is 66.4 Å². The number of anilines is 3. The second kappa shape index (κ2) is 8.96. The van der Waals surface area contributed by atoms with Gasteiger partial charge in [0, 0.05) is 42.8 Å². The largest absolute Gasteiger partial charge is 0.490 e. The number of aliphatic hydroxyl groups excluding tert-OH is 1. The molecule has 7 heteroatoms. The van der Waals surface area contributed by atoms with Crippen LogP contribution in [0.25, 0.3) is 5.70 Å². The monoisotopic (exact) mass is 431 g/mol. The van der Waals surface area contributed by atoms with Gasteiger partial charge >= 0.3 is 0 Å². The number of nitrogens with one attached hydrogen (secondary N) is 2. The van der Waals surface area contributed by atoms with Crippen LogP contribution in [0.5, 0.6) is 5.75 Å². The van der Waals surface area contributed by atoms with E-state index >= 15 is 0 Å². The lowest BCUT2D eigenvalue weighted by molar-refractivity contribution is 0.154. The number of aliphatic imine (C=N–C) groups is 1. The molecule has 0 spiro atoms. The molecule has 1 fully saturated rings. The summed E-state index contributed by atoms with van der Waals surface area (Å²) in [6.07, 6.45) is 5.49. The molecular weight excluding hydrogens is 402 g/mol. The smallest absolute Gasteiger partial charge is 0.142 e. The van der Waals surface area contributed by atoms with Gasteiger partial charge in [-0.1, -0.05) is 6.58 Å². The minimum absolute atomic E-state index is 0.237. The molecule has 7 nitrogen and oxygen atoms in total. The van der Waals surface area contributed by atoms with Gasteiger partial charge in [-0.2, -0.15) is 0 Å². The van der Waals surface area contributed by atoms with Crippen molar-refractivity contribution < 1.29 is 9.84 Å². The Balaban J connectivity index is 1.33. The first kappa shape index (κ1) is 20.5. The fourth-order valence-corrected chi connectivity index (χ4v) is 4.32. The highest BCUT2D eigenvalue weighted by atomic mass is 16.5. The van der Waals surface area contributed by atoms with E-state index in [1.54, 1.807) is 6.20 Å². The van der Waals surface area contributed by atoms with Gasteiger partial charge in [0.2, 0.25) is 0 Å². The van der Waals surface area contributed by atoms with Crippen molar-refractivity contribution in [1.82, 2.24) is 4.90 Å². The van der Waals surface area contributed by atoms with Crippen LogP contribution in [0, 0.1) is 0 Å². The fourth-order valence-electron chi connectivity index (χ4n) is 4.32. The Bertz CT molecular complexity index is 1050. The molecule has 0 aromatic heterocycles. The number of β-amino-alcohol motifs (C(OH)–C–C–N with tert-alkyl or cyclic N) is 1. The summed E-state index contributed by atoms with van der Waals surface area (Å²) in [5, 5.41) is 16.8. The third-order valence-electron chi connectivity index (χ3n) is 5.98. The lowest BCUT2D eigenvalue weighted by atomic mass is 10.1. The average Bonchev–Trinajstić information content (AvgIpc) is 2.84. The second-order valence-corrected chi connectivity index (χ2v) is 8.33. The number of aliphatic hydroxyl groups is 1. The van der Waals surface area contributed by atoms with Crippen LogP contribution in [-0.4, -0.2) is 54.7 Å². The van der Waals surface area contributed by atoms with Crippen molar-refractivity contribution in [3.05, 3.63) is 67.0 Å². The number of nitrogens with zero attached hydrogens (tertiary/aromatic N) is 3. The molecule has 0 unspecified atom stereocenters. The quantitative estimate of drug-likeness (QED) is 0.685. The van der Waals surface area contributed by atoms with Crippen molar-refractivity contribution in [3.63, 3.8) is 0 Å². The van der Waals surface area contributed by atoms with E-state index in [-0.39, 0.29) is 6.10 Å². The lowest BCUT2D eigenvalue weighted by Crippen LogP contribution is -2.38. The van der Waals surface area contributed by atoms with Gasteiger partial charge < -0.3 is 30.3 Å². The molecule has 32 heavy (non-hydrogen) atoms. The Morgan fingerprint density at radius 1 is 1.22 bits per heavy atom. The normalized spacial score (nSPS) is 20.3. The number of hydrogen-bond acceptors (Lipinski definition) is 7. The van der Waals surface area contributed by atoms with Gasteiger partial charge in [0.15, 0.2) is 0 Å². The summed E-state index contributed by atoms with van der Waals surface area (Å²) >= 11 is 0. The average molecular weight is 432 g/mol. The van der Waals surface area contributed by atoms with Crippen molar-refractivity contribution in [3.8, 4) is 5.75 Å². The van der Waals surface area contributed by atoms with Crippen LogP contribution in [-0.2, 0) is 0 Å². The van der Waals surface area contributed by atoms with Gasteiger partial charge in [-0.25, -0.2) is 4.99 Å². The molecule has 0 saturated carbocycles. The predicted molar refractivity (Wildman–Crippen MR) is 130 cm³/mol. The maximum atomic E-state index is 9.95. The molecule has 0 aliphatic carbocycles. The molecule has 1 atom stereocenters. The molecule has 0 radical (unpaired) electrons. The van der Waals surface area contributed by atoms with Crippen LogP contribution in [0.2, 0.25) is 0 Å². The number of piperidine rings is 1. The zero-order valence-electron chi connectivity index (χ0n) is 18.1. The van der Waals surface area contributed by atoms with E-state index in [0.717, 1.165) is 65.8 Å². The first-order valence-corrected chi connectivity index (χ1v) is 11.2. The third-order valence-corrected chi connectivity index (χ3v) is 5.98. The molecule has 1 saturated heterocycles. The van der Waals surface area contributed by atoms with Crippen LogP contribution < -0.4 is 20.3 Å². The van der Waals surface area contributed by atoms with E-state index in [4.69, 9.17) is 9.73 Å². The number of rotatable bonds is 4. The summed E-state index contributed by atoms with van der Waals surface area (Å²) in [5.41, 5.74) is 5.00. The number of fused-ring (bicyclic) bond motifs is 1. The van der Waals surface area contributed by atoms with Gasteiger partial charge in [0.05, 0.1) is 24.0 Å². The van der Waals surface area contributed by atoms with E-state index in [2.05, 4.69) is 52.4 Å². The van der Waals surface area contributed by atoms with Gasteiger partial charge in [0.1, 0.15) is 18.2 Å². The van der Waals surface area contributed by atoms with Crippen LogP contribution >= 0.6 is 0 Å². The van der Waals surface area contributed by atoms with Crippen molar-refractivity contribution in [2.24, 2.45) is 4.99 Å². The highest BCUT2D eigenvalue weighted by Gasteiger charge is 2.19. The summed E-state index contributed by atoms with van der Waals surface area (Å²) in [6.45, 7) is 7.73. The zero-order valence-corrected chi connectivity index (χ0v) is 18.1. The molecular formula is C25H29N5O2. The Morgan fingerprint density at radius 3 is 2.91 bits per heavy atom. The summed E-state index contributed by atoms with van der Waals surface area (Å²) in [7, 11) is 0. The second-order valence-electron chi connectivity index (χ2n) is 8.33. The first-order chi connectivity index (χ1) is 15.7. The van der Waals surface area contributed by atoms with Crippen LogP contribution in [0.3, 0.4) is 0 Å². The van der Waals surface area contributed by atoms with E-state index in [0.29, 0.717) is 19.7 Å². The van der Waals surface area contributed by atoms with Gasteiger partial charge in [-0.3, -0.25) is 0 Å². The highest BCUT2D eigenvalue weighted by Crippen LogP contribution is 2.32. The molecule has 0 amide bonds. The molecule has 5 rings (SSSR count). The number of amidine groups is 1. The van der Waals surface area contributed by atoms with Gasteiger partial charge in [-0.05, 0) is 61.5 Å². The zero-order chi connectivity index (χ0) is 21.9. The Hall–Kier alpha value is -3.45. The van der Waals surface area contributed by atoms with E-state index < -0.39 is 0 Å². The Kier molecular flexibility index (Phi) is 5.73. The van der Waals surface area contributed by atoms with E-state index in [1.165, 1.54) is 0 Å². The maximum absolute atomic E-state index is 9.95. The SMILES string of the molecule is C=CN1C=C(c2ccc3c(c2)NCCO3)N=C(Nc2ccc(N3CCC[C@@H](O)C3)cc2)C1. The number of benzene rings is 2. The van der Waals surface area contributed by atoms with E-state index in [9.17, 15) is 5.11 Å². The molecule has 3 N–H and O–H groups in total. The summed E-state index contributed by atoms with van der Waals surface area (Å²) in [4.78, 5) is 9.15. The topological polar surface area (TPSA) is 72.4 Å². The third kappa shape index (κ3) is 4.43. The molecule has 0 bridgehead atoms. The minimum Gasteiger partial charge on any atom is -0.490 e. The minimum atomic E-state index is -0.237. The highest BCUT2D eigenvalue weighted by molar-refractivity contribution is 6.01. The molecule has 2 aromatic carbocycles. The molecule has 3 aliphatic rings. The Labute approximate surface area is 188 Å². The fraction of sp³-hybridized carbons (Fsp3) is 0.320. The molecule has 3 heterocycles. The molecule has 166 valence electrons. The molecule has 3 aliphatic heterocycles. The van der Waals surface area contributed by atoms with Crippen molar-refractivity contribution in [2.75, 3.05) is 48.3 Å². The van der Waals surface area contributed by atoms with E-state index in [1.807, 2.05) is 23.2 Å². The summed E-state index contributed by atoms with van der Waals surface area (Å²) < 4.78 is 5.69. The van der Waals surface area contributed by atoms with Gasteiger partial charge in [-0.15, -0.1) is 0 Å². The maximum Gasteiger partial charge on any atom is 0.142 e. The number of hydrogen-bond donors (Lipinski definition) is 3. The van der Waals surface area contributed by atoms with Crippen molar-refractivity contribution in [1.29, 1.82) is 0 Å². The van der Waals surface area contributed by atoms with Crippen molar-refractivity contribution in [2.45, 2.75) is 18.9 Å². The van der Waals surface area contributed by atoms with Crippen LogP contribution in [0.1, 0.15) is 18.4 Å². The number of ether oxygens (including phenoxy) is 1. The Morgan fingerprint density at radius 2 is 2.09 bits per heavy atom. The standard InChI is InChI=1S/C25H29N5O2/c1-2-29-16-23(18-5-10-24-22(14-18)26-11-13-32-24)28-25(17-29)27-19-6-8-20(9-7-19)30-12-3-4-21(31)15-30/h2,5-10,14,16,21,26,31H,1,3-4,11-13,15,17H2,(H,27,28)/t21-/m1/s1. The first-order valence-electron chi connectivity index (χ1n) is 11.2. The predicted octanol–water partition coefficient (Wildman–Crippen LogP) is 3.72. The lowest BCUT2D eigenvalue weighted by Gasteiger charge is -2.32. The molecule has 2 aromatic rings. The van der Waals surface area contributed by atoms with Crippen LogP contribution in [0.4, 0.5) is 17.1 Å². The van der Waals surface area contributed by atoms with Crippen molar-refractivity contribution >= 4 is 28.6 Å². The summed E-state index contributed by atoms with van der Waals surface area (Å²) in [5.74, 6) is 1.73. The summed E-state index contributed by atoms with van der Waals surface area (Å²) in [6, 6.07) is 14.4. The van der Waals surface area contributed by atoms with Gasteiger partial charge in [0.25, 0.3) is 0 Å².